The van der Waals surface area contributed by atoms with Crippen LogP contribution in [0.25, 0.3) is 0 Å². The van der Waals surface area contributed by atoms with Crippen molar-refractivity contribution < 1.29 is 19.1 Å². The van der Waals surface area contributed by atoms with Gasteiger partial charge in [0.05, 0.1) is 31.1 Å². The Bertz CT molecular complexity index is 917. The Balaban J connectivity index is 1.80. The highest BCUT2D eigenvalue weighted by molar-refractivity contribution is 6.05. The van der Waals surface area contributed by atoms with Gasteiger partial charge in [0, 0.05) is 24.2 Å². The van der Waals surface area contributed by atoms with Crippen LogP contribution >= 0.6 is 0 Å². The second-order valence-electron chi connectivity index (χ2n) is 8.06. The molecule has 2 N–H and O–H groups in total. The number of benzene rings is 2. The number of piperidine rings is 1. The molecule has 1 aliphatic heterocycles. The molecule has 1 saturated heterocycles. The molecule has 7 nitrogen and oxygen atoms in total. The van der Waals surface area contributed by atoms with Gasteiger partial charge in [0.2, 0.25) is 5.91 Å². The molecule has 2 aromatic rings. The SMILES string of the molecule is CCOc1cc(NC(=O)c2ccccc2)c(OCC)cc1NC(=O)CN1CCCC(C)C1. The summed E-state index contributed by atoms with van der Waals surface area (Å²) in [6.45, 7) is 9.01. The first-order valence-corrected chi connectivity index (χ1v) is 11.3. The number of nitrogens with one attached hydrogen (secondary N) is 2. The molecule has 0 bridgehead atoms. The molecule has 1 atom stereocenters. The van der Waals surface area contributed by atoms with Crippen LogP contribution in [0, 0.1) is 5.92 Å². The molecule has 0 aromatic heterocycles. The summed E-state index contributed by atoms with van der Waals surface area (Å²) in [6, 6.07) is 12.4. The van der Waals surface area contributed by atoms with Gasteiger partial charge in [0.25, 0.3) is 5.91 Å². The Morgan fingerprint density at radius 3 is 2.22 bits per heavy atom. The number of hydrogen-bond donors (Lipinski definition) is 2. The topological polar surface area (TPSA) is 79.9 Å². The summed E-state index contributed by atoms with van der Waals surface area (Å²) in [5, 5.41) is 5.87. The molecule has 1 fully saturated rings. The van der Waals surface area contributed by atoms with E-state index in [4.69, 9.17) is 9.47 Å². The Labute approximate surface area is 190 Å². The average molecular weight is 440 g/mol. The van der Waals surface area contributed by atoms with Crippen LogP contribution in [0.15, 0.2) is 42.5 Å². The summed E-state index contributed by atoms with van der Waals surface area (Å²) < 4.78 is 11.5. The standard InChI is InChI=1S/C25H33N3O4/c1-4-31-22-15-21(27-25(30)19-11-7-6-8-12-19)23(32-5-2)14-20(22)26-24(29)17-28-13-9-10-18(3)16-28/h6-8,11-12,14-15,18H,4-5,9-10,13,16-17H2,1-3H3,(H,26,29)(H,27,30). The smallest absolute Gasteiger partial charge is 0.255 e. The average Bonchev–Trinajstić information content (AvgIpc) is 2.77. The molecule has 1 aliphatic rings. The third-order valence-electron chi connectivity index (χ3n) is 5.35. The molecule has 7 heteroatoms. The Hall–Kier alpha value is -3.06. The first-order chi connectivity index (χ1) is 15.5. The number of likely N-dealkylation sites (tertiary alicyclic amines) is 1. The van der Waals surface area contributed by atoms with Crippen molar-refractivity contribution in [2.45, 2.75) is 33.6 Å². The molecule has 2 aromatic carbocycles. The highest BCUT2D eigenvalue weighted by Crippen LogP contribution is 2.37. The third-order valence-corrected chi connectivity index (χ3v) is 5.35. The summed E-state index contributed by atoms with van der Waals surface area (Å²) in [5.74, 6) is 1.22. The number of hydrogen-bond acceptors (Lipinski definition) is 5. The van der Waals surface area contributed by atoms with Crippen molar-refractivity contribution in [3.05, 3.63) is 48.0 Å². The lowest BCUT2D eigenvalue weighted by Gasteiger charge is -2.30. The van der Waals surface area contributed by atoms with Crippen molar-refractivity contribution in [2.24, 2.45) is 5.92 Å². The molecule has 1 unspecified atom stereocenters. The number of anilines is 2. The largest absolute Gasteiger partial charge is 0.492 e. The molecular formula is C25H33N3O4. The lowest BCUT2D eigenvalue weighted by atomic mass is 10.0. The highest BCUT2D eigenvalue weighted by atomic mass is 16.5. The molecule has 1 heterocycles. The van der Waals surface area contributed by atoms with Crippen LogP contribution in [0.2, 0.25) is 0 Å². The van der Waals surface area contributed by atoms with Crippen LogP contribution in [0.5, 0.6) is 11.5 Å². The van der Waals surface area contributed by atoms with E-state index < -0.39 is 0 Å². The lowest BCUT2D eigenvalue weighted by molar-refractivity contribution is -0.117. The first-order valence-electron chi connectivity index (χ1n) is 11.3. The van der Waals surface area contributed by atoms with Gasteiger partial charge in [-0.05, 0) is 51.3 Å². The minimum Gasteiger partial charge on any atom is -0.492 e. The first kappa shape index (κ1) is 23.6. The van der Waals surface area contributed by atoms with Crippen molar-refractivity contribution in [1.29, 1.82) is 0 Å². The van der Waals surface area contributed by atoms with Crippen LogP contribution in [0.3, 0.4) is 0 Å². The van der Waals surface area contributed by atoms with Gasteiger partial charge in [-0.1, -0.05) is 25.1 Å². The summed E-state index contributed by atoms with van der Waals surface area (Å²) in [5.41, 5.74) is 1.57. The van der Waals surface area contributed by atoms with Crippen molar-refractivity contribution in [1.82, 2.24) is 4.90 Å². The molecule has 32 heavy (non-hydrogen) atoms. The van der Waals surface area contributed by atoms with Crippen molar-refractivity contribution in [3.8, 4) is 11.5 Å². The molecule has 3 rings (SSSR count). The number of nitrogens with zero attached hydrogens (tertiary/aromatic N) is 1. The zero-order chi connectivity index (χ0) is 22.9. The second-order valence-corrected chi connectivity index (χ2v) is 8.06. The normalized spacial score (nSPS) is 16.3. The molecular weight excluding hydrogens is 406 g/mol. The summed E-state index contributed by atoms with van der Waals surface area (Å²) in [7, 11) is 0. The maximum absolute atomic E-state index is 12.7. The van der Waals surface area contributed by atoms with Crippen LogP contribution in [0.1, 0.15) is 44.0 Å². The van der Waals surface area contributed by atoms with E-state index in [0.29, 0.717) is 54.1 Å². The van der Waals surface area contributed by atoms with Gasteiger partial charge in [0.1, 0.15) is 11.5 Å². The van der Waals surface area contributed by atoms with Gasteiger partial charge in [-0.2, -0.15) is 0 Å². The second kappa shape index (κ2) is 11.5. The predicted molar refractivity (Wildman–Crippen MR) is 127 cm³/mol. The summed E-state index contributed by atoms with van der Waals surface area (Å²) >= 11 is 0. The molecule has 0 spiro atoms. The summed E-state index contributed by atoms with van der Waals surface area (Å²) in [4.78, 5) is 27.6. The molecule has 172 valence electrons. The minimum atomic E-state index is -0.245. The fraction of sp³-hybridized carbons (Fsp3) is 0.440. The third kappa shape index (κ3) is 6.47. The van der Waals surface area contributed by atoms with E-state index in [1.807, 2.05) is 32.0 Å². The van der Waals surface area contributed by atoms with Crippen molar-refractivity contribution in [2.75, 3.05) is 43.5 Å². The number of rotatable bonds is 9. The van der Waals surface area contributed by atoms with Crippen molar-refractivity contribution >= 4 is 23.2 Å². The Morgan fingerprint density at radius 2 is 1.62 bits per heavy atom. The van der Waals surface area contributed by atoms with Crippen molar-refractivity contribution in [3.63, 3.8) is 0 Å². The predicted octanol–water partition coefficient (Wildman–Crippen LogP) is 4.41. The van der Waals surface area contributed by atoms with Gasteiger partial charge in [-0.3, -0.25) is 14.5 Å². The zero-order valence-corrected chi connectivity index (χ0v) is 19.1. The van der Waals surface area contributed by atoms with Gasteiger partial charge >= 0.3 is 0 Å². The molecule has 0 saturated carbocycles. The van der Waals surface area contributed by atoms with Crippen LogP contribution in [-0.2, 0) is 4.79 Å². The van der Waals surface area contributed by atoms with Crippen LogP contribution in [-0.4, -0.2) is 49.6 Å². The highest BCUT2D eigenvalue weighted by Gasteiger charge is 2.21. The van der Waals surface area contributed by atoms with Crippen LogP contribution < -0.4 is 20.1 Å². The fourth-order valence-corrected chi connectivity index (χ4v) is 3.91. The van der Waals surface area contributed by atoms with E-state index in [0.717, 1.165) is 19.5 Å². The maximum atomic E-state index is 12.7. The maximum Gasteiger partial charge on any atom is 0.255 e. The number of amides is 2. The van der Waals surface area contributed by atoms with E-state index >= 15 is 0 Å². The Morgan fingerprint density at radius 1 is 1.00 bits per heavy atom. The molecule has 0 aliphatic carbocycles. The number of ether oxygens (including phenoxy) is 2. The minimum absolute atomic E-state index is 0.0939. The van der Waals surface area contributed by atoms with E-state index in [9.17, 15) is 9.59 Å². The van der Waals surface area contributed by atoms with E-state index in [-0.39, 0.29) is 11.8 Å². The monoisotopic (exact) mass is 439 g/mol. The lowest BCUT2D eigenvalue weighted by Crippen LogP contribution is -2.39. The van der Waals surface area contributed by atoms with Gasteiger partial charge < -0.3 is 20.1 Å². The summed E-state index contributed by atoms with van der Waals surface area (Å²) in [6.07, 6.45) is 2.32. The van der Waals surface area contributed by atoms with Gasteiger partial charge in [-0.25, -0.2) is 0 Å². The Kier molecular flexibility index (Phi) is 8.50. The van der Waals surface area contributed by atoms with E-state index in [2.05, 4.69) is 22.5 Å². The quantitative estimate of drug-likeness (QED) is 0.605. The number of carbonyl (C=O) groups excluding carboxylic acids is 2. The van der Waals surface area contributed by atoms with E-state index in [1.165, 1.54) is 6.42 Å². The zero-order valence-electron chi connectivity index (χ0n) is 19.1. The number of carbonyl (C=O) groups is 2. The molecule has 0 radical (unpaired) electrons. The van der Waals surface area contributed by atoms with Gasteiger partial charge in [0.15, 0.2) is 0 Å². The molecule has 2 amide bonds. The van der Waals surface area contributed by atoms with E-state index in [1.54, 1.807) is 24.3 Å². The van der Waals surface area contributed by atoms with Gasteiger partial charge in [-0.15, -0.1) is 0 Å². The van der Waals surface area contributed by atoms with Crippen LogP contribution in [0.4, 0.5) is 11.4 Å². The fourth-order valence-electron chi connectivity index (χ4n) is 3.91.